The number of nitrogens with zero attached hydrogens (tertiary/aromatic N) is 2. The molecule has 0 saturated carbocycles. The minimum atomic E-state index is -3.87. The van der Waals surface area contributed by atoms with Crippen LogP contribution in [0.3, 0.4) is 0 Å². The lowest BCUT2D eigenvalue weighted by Gasteiger charge is -2.34. The van der Waals surface area contributed by atoms with E-state index in [4.69, 9.17) is 0 Å². The number of benzene rings is 2. The van der Waals surface area contributed by atoms with Gasteiger partial charge in [-0.15, -0.1) is 0 Å². The number of sulfonamides is 2. The molecule has 8 nitrogen and oxygen atoms in total. The third-order valence-electron chi connectivity index (χ3n) is 4.98. The molecule has 0 atom stereocenters. The third-order valence-corrected chi connectivity index (χ3v) is 8.28. The maximum atomic E-state index is 13.4. The van der Waals surface area contributed by atoms with Crippen LogP contribution in [0.1, 0.15) is 15.9 Å². The van der Waals surface area contributed by atoms with Gasteiger partial charge in [-0.3, -0.25) is 4.79 Å². The molecule has 1 N–H and O–H groups in total. The number of carbonyl (C=O) groups excluding carboxylic acids is 1. The predicted molar refractivity (Wildman–Crippen MR) is 108 cm³/mol. The van der Waals surface area contributed by atoms with Gasteiger partial charge < -0.3 is 4.90 Å². The van der Waals surface area contributed by atoms with E-state index in [0.29, 0.717) is 5.56 Å². The summed E-state index contributed by atoms with van der Waals surface area (Å²) in [5.41, 5.74) is 0.859. The van der Waals surface area contributed by atoms with Gasteiger partial charge in [-0.05, 0) is 49.9 Å². The van der Waals surface area contributed by atoms with E-state index in [9.17, 15) is 26.0 Å². The summed E-state index contributed by atoms with van der Waals surface area (Å²) >= 11 is 0. The minimum absolute atomic E-state index is 0.0220. The first-order chi connectivity index (χ1) is 14.1. The van der Waals surface area contributed by atoms with E-state index in [1.54, 1.807) is 13.0 Å². The fourth-order valence-corrected chi connectivity index (χ4v) is 5.41. The second kappa shape index (κ2) is 8.42. The SMILES string of the molecule is CNS(=O)(=O)c1ccc(C)c(C(=O)N2CCN(S(=O)(=O)c3cccc(F)c3)CC2)c1. The normalized spacial score (nSPS) is 15.9. The predicted octanol–water partition coefficient (Wildman–Crippen LogP) is 1.19. The Bertz CT molecular complexity index is 1170. The second-order valence-corrected chi connectivity index (χ2v) is 10.7. The Balaban J connectivity index is 1.77. The highest BCUT2D eigenvalue weighted by molar-refractivity contribution is 7.89. The average Bonchev–Trinajstić information content (AvgIpc) is 2.73. The summed E-state index contributed by atoms with van der Waals surface area (Å²) in [7, 11) is -6.28. The number of hydrogen-bond acceptors (Lipinski definition) is 5. The molecule has 0 radical (unpaired) electrons. The summed E-state index contributed by atoms with van der Waals surface area (Å²) < 4.78 is 66.3. The average molecular weight is 456 g/mol. The van der Waals surface area contributed by atoms with Crippen molar-refractivity contribution in [2.75, 3.05) is 33.2 Å². The van der Waals surface area contributed by atoms with Crippen molar-refractivity contribution >= 4 is 26.0 Å². The number of rotatable bonds is 5. The van der Waals surface area contributed by atoms with Crippen molar-refractivity contribution in [3.8, 4) is 0 Å². The van der Waals surface area contributed by atoms with Gasteiger partial charge in [-0.2, -0.15) is 4.31 Å². The summed E-state index contributed by atoms with van der Waals surface area (Å²) in [6, 6.07) is 9.08. The van der Waals surface area contributed by atoms with Gasteiger partial charge in [0.1, 0.15) is 5.82 Å². The van der Waals surface area contributed by atoms with Gasteiger partial charge in [0.2, 0.25) is 20.0 Å². The molecule has 30 heavy (non-hydrogen) atoms. The molecule has 3 rings (SSSR count). The maximum Gasteiger partial charge on any atom is 0.254 e. The van der Waals surface area contributed by atoms with Crippen LogP contribution in [0.25, 0.3) is 0 Å². The molecule has 0 aliphatic carbocycles. The third kappa shape index (κ3) is 4.38. The lowest BCUT2D eigenvalue weighted by molar-refractivity contribution is 0.0697. The summed E-state index contributed by atoms with van der Waals surface area (Å²) in [4.78, 5) is 14.3. The number of piperazine rings is 1. The Hall–Kier alpha value is -2.34. The van der Waals surface area contributed by atoms with Crippen LogP contribution >= 0.6 is 0 Å². The van der Waals surface area contributed by atoms with Crippen molar-refractivity contribution in [3.05, 3.63) is 59.4 Å². The Morgan fingerprint density at radius 2 is 1.63 bits per heavy atom. The molecule has 0 unspecified atom stereocenters. The van der Waals surface area contributed by atoms with E-state index in [1.165, 1.54) is 46.6 Å². The first kappa shape index (κ1) is 22.3. The van der Waals surface area contributed by atoms with E-state index < -0.39 is 25.9 Å². The molecule has 1 amide bonds. The molecule has 1 saturated heterocycles. The maximum absolute atomic E-state index is 13.4. The van der Waals surface area contributed by atoms with Crippen molar-refractivity contribution in [1.29, 1.82) is 0 Å². The van der Waals surface area contributed by atoms with Crippen molar-refractivity contribution in [2.24, 2.45) is 0 Å². The minimum Gasteiger partial charge on any atom is -0.336 e. The molecule has 0 aromatic heterocycles. The first-order valence-electron chi connectivity index (χ1n) is 9.15. The fraction of sp³-hybridized carbons (Fsp3) is 0.316. The number of carbonyl (C=O) groups is 1. The summed E-state index contributed by atoms with van der Waals surface area (Å²) in [6.07, 6.45) is 0. The van der Waals surface area contributed by atoms with E-state index >= 15 is 0 Å². The number of nitrogens with one attached hydrogen (secondary N) is 1. The standard InChI is InChI=1S/C19H22FN3O5S2/c1-14-6-7-16(29(25,26)21-2)13-18(14)19(24)22-8-10-23(11-9-22)30(27,28)17-5-3-4-15(20)12-17/h3-7,12-13,21H,8-11H2,1-2H3. The molecular formula is C19H22FN3O5S2. The quantitative estimate of drug-likeness (QED) is 0.729. The zero-order valence-electron chi connectivity index (χ0n) is 16.5. The number of hydrogen-bond donors (Lipinski definition) is 1. The van der Waals surface area contributed by atoms with E-state index in [0.717, 1.165) is 6.07 Å². The monoisotopic (exact) mass is 455 g/mol. The van der Waals surface area contributed by atoms with Crippen molar-refractivity contribution in [1.82, 2.24) is 13.9 Å². The highest BCUT2D eigenvalue weighted by Gasteiger charge is 2.31. The van der Waals surface area contributed by atoms with Crippen LogP contribution in [-0.2, 0) is 20.0 Å². The van der Waals surface area contributed by atoms with Gasteiger partial charge in [0.15, 0.2) is 0 Å². The molecular weight excluding hydrogens is 433 g/mol. The van der Waals surface area contributed by atoms with Gasteiger partial charge in [0.05, 0.1) is 9.79 Å². The van der Waals surface area contributed by atoms with Crippen molar-refractivity contribution < 1.29 is 26.0 Å². The van der Waals surface area contributed by atoms with Gasteiger partial charge in [0, 0.05) is 31.7 Å². The Kier molecular flexibility index (Phi) is 6.27. The van der Waals surface area contributed by atoms with E-state index in [-0.39, 0.29) is 47.4 Å². The zero-order chi connectivity index (χ0) is 22.1. The molecule has 2 aromatic carbocycles. The van der Waals surface area contributed by atoms with Crippen LogP contribution in [0.2, 0.25) is 0 Å². The van der Waals surface area contributed by atoms with E-state index in [2.05, 4.69) is 4.72 Å². The van der Waals surface area contributed by atoms with Crippen LogP contribution in [0.5, 0.6) is 0 Å². The molecule has 11 heteroatoms. The second-order valence-electron chi connectivity index (χ2n) is 6.84. The van der Waals surface area contributed by atoms with Crippen molar-refractivity contribution in [2.45, 2.75) is 16.7 Å². The van der Waals surface area contributed by atoms with E-state index in [1.807, 2.05) is 0 Å². The highest BCUT2D eigenvalue weighted by Crippen LogP contribution is 2.21. The molecule has 1 fully saturated rings. The topological polar surface area (TPSA) is 104 Å². The summed E-state index contributed by atoms with van der Waals surface area (Å²) in [6.45, 7) is 2.08. The van der Waals surface area contributed by atoms with Crippen LogP contribution < -0.4 is 4.72 Å². The molecule has 1 aliphatic heterocycles. The Morgan fingerprint density at radius 1 is 0.967 bits per heavy atom. The molecule has 2 aromatic rings. The largest absolute Gasteiger partial charge is 0.336 e. The van der Waals surface area contributed by atoms with Crippen molar-refractivity contribution in [3.63, 3.8) is 0 Å². The molecule has 1 aliphatic rings. The van der Waals surface area contributed by atoms with Crippen LogP contribution in [0.15, 0.2) is 52.3 Å². The highest BCUT2D eigenvalue weighted by atomic mass is 32.2. The van der Waals surface area contributed by atoms with Gasteiger partial charge >= 0.3 is 0 Å². The summed E-state index contributed by atoms with van der Waals surface area (Å²) in [5, 5.41) is 0. The Labute approximate surface area is 175 Å². The Morgan fingerprint density at radius 3 is 2.23 bits per heavy atom. The lowest BCUT2D eigenvalue weighted by atomic mass is 10.1. The summed E-state index contributed by atoms with van der Waals surface area (Å²) in [5.74, 6) is -1.01. The number of halogens is 1. The van der Waals surface area contributed by atoms with Gasteiger partial charge in [-0.1, -0.05) is 12.1 Å². The van der Waals surface area contributed by atoms with Gasteiger partial charge in [0.25, 0.3) is 5.91 Å². The molecule has 0 bridgehead atoms. The lowest BCUT2D eigenvalue weighted by Crippen LogP contribution is -2.50. The molecule has 162 valence electrons. The zero-order valence-corrected chi connectivity index (χ0v) is 18.1. The van der Waals surface area contributed by atoms with Crippen LogP contribution in [0, 0.1) is 12.7 Å². The molecule has 0 spiro atoms. The van der Waals surface area contributed by atoms with Crippen LogP contribution in [0.4, 0.5) is 4.39 Å². The van der Waals surface area contributed by atoms with Crippen LogP contribution in [-0.4, -0.2) is 65.2 Å². The smallest absolute Gasteiger partial charge is 0.254 e. The number of aryl methyl sites for hydroxylation is 1. The first-order valence-corrected chi connectivity index (χ1v) is 12.1. The number of amides is 1. The van der Waals surface area contributed by atoms with Gasteiger partial charge in [-0.25, -0.2) is 25.9 Å². The fourth-order valence-electron chi connectivity index (χ4n) is 3.19. The molecule has 1 heterocycles.